The molecule has 41 heavy (non-hydrogen) atoms. The molecule has 0 saturated carbocycles. The van der Waals surface area contributed by atoms with Gasteiger partial charge in [0.1, 0.15) is 0 Å². The lowest BCUT2D eigenvalue weighted by Crippen LogP contribution is -1.97. The van der Waals surface area contributed by atoms with Gasteiger partial charge >= 0.3 is 0 Å². The van der Waals surface area contributed by atoms with Crippen LogP contribution < -0.4 is 0 Å². The summed E-state index contributed by atoms with van der Waals surface area (Å²) in [7, 11) is 0. The van der Waals surface area contributed by atoms with Crippen LogP contribution in [0.15, 0.2) is 121 Å². The number of hydrogen-bond acceptors (Lipinski definition) is 4. The quantitative estimate of drug-likeness (QED) is 0.224. The third-order valence-corrected chi connectivity index (χ3v) is 7.48. The number of rotatable bonds is 5. The highest BCUT2D eigenvalue weighted by atomic mass is 14.8. The second-order valence-electron chi connectivity index (χ2n) is 10.3. The molecule has 2 heterocycles. The highest BCUT2D eigenvalue weighted by Crippen LogP contribution is 2.35. The van der Waals surface area contributed by atoms with Crippen molar-refractivity contribution in [2.75, 3.05) is 0 Å². The zero-order valence-corrected chi connectivity index (χ0v) is 23.0. The molecule has 0 aliphatic rings. The maximum Gasteiger partial charge on any atom is 0.0973 e. The molecule has 0 atom stereocenters. The van der Waals surface area contributed by atoms with E-state index in [4.69, 9.17) is 19.9 Å². The van der Waals surface area contributed by atoms with E-state index in [0.717, 1.165) is 73.5 Å². The number of nitrogens with zero attached hydrogens (tertiary/aromatic N) is 4. The molecule has 0 spiro atoms. The number of aryl methyl sites for hydroxylation is 2. The molecule has 0 amide bonds. The summed E-state index contributed by atoms with van der Waals surface area (Å²) in [4.78, 5) is 20.4. The minimum Gasteiger partial charge on any atom is -0.244 e. The summed E-state index contributed by atoms with van der Waals surface area (Å²) in [6.07, 6.45) is 0.962. The average molecular weight is 529 g/mol. The first kappa shape index (κ1) is 24.8. The van der Waals surface area contributed by atoms with Gasteiger partial charge in [0.25, 0.3) is 0 Å². The Morgan fingerprint density at radius 1 is 0.415 bits per heavy atom. The molecule has 7 aromatic rings. The number of aromatic nitrogens is 4. The van der Waals surface area contributed by atoms with Crippen molar-refractivity contribution in [3.8, 4) is 45.0 Å². The lowest BCUT2D eigenvalue weighted by Gasteiger charge is -2.13. The minimum atomic E-state index is 0.860. The van der Waals surface area contributed by atoms with Gasteiger partial charge < -0.3 is 0 Å². The molecule has 0 unspecified atom stereocenters. The Bertz CT molecular complexity index is 2020. The van der Waals surface area contributed by atoms with Crippen molar-refractivity contribution in [1.82, 2.24) is 19.9 Å². The van der Waals surface area contributed by atoms with Gasteiger partial charge in [-0.2, -0.15) is 0 Å². The van der Waals surface area contributed by atoms with Gasteiger partial charge in [0.15, 0.2) is 0 Å². The van der Waals surface area contributed by atoms with E-state index in [1.165, 1.54) is 11.1 Å². The summed E-state index contributed by atoms with van der Waals surface area (Å²) in [5, 5.41) is 0. The highest BCUT2D eigenvalue weighted by Gasteiger charge is 2.16. The Kier molecular flexibility index (Phi) is 6.29. The van der Waals surface area contributed by atoms with E-state index in [1.807, 2.05) is 42.5 Å². The van der Waals surface area contributed by atoms with Crippen molar-refractivity contribution >= 4 is 22.1 Å². The van der Waals surface area contributed by atoms with Crippen LogP contribution in [0.3, 0.4) is 0 Å². The summed E-state index contributed by atoms with van der Waals surface area (Å²) in [6, 6.07) is 41.6. The first-order chi connectivity index (χ1) is 20.2. The minimum absolute atomic E-state index is 0.860. The number of fused-ring (bicyclic) bond motifs is 2. The van der Waals surface area contributed by atoms with E-state index in [0.29, 0.717) is 0 Å². The zero-order valence-electron chi connectivity index (χ0n) is 23.0. The molecule has 0 aliphatic heterocycles. The lowest BCUT2D eigenvalue weighted by atomic mass is 9.99. The van der Waals surface area contributed by atoms with Crippen LogP contribution in [0.2, 0.25) is 0 Å². The SMILES string of the molecule is CCc1ccc2nc(-c3ccc(-c4nc5ccc(C)cc5nc4-c4ccccc4)cc3)c(-c3ccccc3)nc2c1. The third kappa shape index (κ3) is 4.74. The Labute approximate surface area is 239 Å². The van der Waals surface area contributed by atoms with Crippen LogP contribution in [-0.2, 0) is 6.42 Å². The van der Waals surface area contributed by atoms with Gasteiger partial charge in [-0.1, -0.05) is 104 Å². The molecule has 4 heteroatoms. The predicted molar refractivity (Wildman–Crippen MR) is 168 cm³/mol. The highest BCUT2D eigenvalue weighted by molar-refractivity contribution is 5.89. The summed E-state index contributed by atoms with van der Waals surface area (Å²) in [5.41, 5.74) is 13.6. The van der Waals surface area contributed by atoms with Gasteiger partial charge in [-0.3, -0.25) is 0 Å². The number of hydrogen-bond donors (Lipinski definition) is 0. The smallest absolute Gasteiger partial charge is 0.0973 e. The van der Waals surface area contributed by atoms with Crippen LogP contribution in [0.1, 0.15) is 18.1 Å². The largest absolute Gasteiger partial charge is 0.244 e. The van der Waals surface area contributed by atoms with Crippen molar-refractivity contribution in [1.29, 1.82) is 0 Å². The molecule has 7 rings (SSSR count). The van der Waals surface area contributed by atoms with Crippen molar-refractivity contribution in [3.63, 3.8) is 0 Å². The fraction of sp³-hybridized carbons (Fsp3) is 0.0811. The van der Waals surface area contributed by atoms with Gasteiger partial charge in [-0.05, 0) is 48.7 Å². The van der Waals surface area contributed by atoms with Crippen LogP contribution in [0, 0.1) is 6.92 Å². The normalized spacial score (nSPS) is 11.3. The monoisotopic (exact) mass is 528 g/mol. The second kappa shape index (κ2) is 10.4. The molecule has 0 saturated heterocycles. The summed E-state index contributed by atoms with van der Waals surface area (Å²) < 4.78 is 0. The Balaban J connectivity index is 1.38. The van der Waals surface area contributed by atoms with E-state index in [-0.39, 0.29) is 0 Å². The lowest BCUT2D eigenvalue weighted by molar-refractivity contribution is 1.14. The first-order valence-electron chi connectivity index (χ1n) is 14.0. The van der Waals surface area contributed by atoms with Crippen LogP contribution in [0.25, 0.3) is 67.1 Å². The maximum absolute atomic E-state index is 5.12. The zero-order chi connectivity index (χ0) is 27.8. The molecule has 0 radical (unpaired) electrons. The Hall–Kier alpha value is -5.22. The number of benzene rings is 5. The second-order valence-corrected chi connectivity index (χ2v) is 10.3. The van der Waals surface area contributed by atoms with Crippen molar-refractivity contribution in [2.24, 2.45) is 0 Å². The molecular formula is C37H28N4. The van der Waals surface area contributed by atoms with Crippen molar-refractivity contribution in [2.45, 2.75) is 20.3 Å². The summed E-state index contributed by atoms with van der Waals surface area (Å²) in [5.74, 6) is 0. The van der Waals surface area contributed by atoms with Crippen LogP contribution in [0.4, 0.5) is 0 Å². The standard InChI is InChI=1S/C37H28N4/c1-3-25-15-21-31-33(23-25)41-35(27-12-8-5-9-13-27)37(39-31)29-18-16-28(17-19-29)36-34(26-10-6-4-7-11-26)40-32-22-24(2)14-20-30(32)38-36/h4-23H,3H2,1-2H3. The summed E-state index contributed by atoms with van der Waals surface area (Å²) in [6.45, 7) is 4.24. The molecule has 0 N–H and O–H groups in total. The first-order valence-corrected chi connectivity index (χ1v) is 14.0. The molecular weight excluding hydrogens is 500 g/mol. The van der Waals surface area contributed by atoms with Crippen LogP contribution in [0.5, 0.6) is 0 Å². The van der Waals surface area contributed by atoms with Crippen molar-refractivity contribution in [3.05, 3.63) is 132 Å². The maximum atomic E-state index is 5.12. The van der Waals surface area contributed by atoms with E-state index in [9.17, 15) is 0 Å². The van der Waals surface area contributed by atoms with Gasteiger partial charge in [-0.15, -0.1) is 0 Å². The molecule has 4 nitrogen and oxygen atoms in total. The van der Waals surface area contributed by atoms with E-state index in [1.54, 1.807) is 0 Å². The molecule has 5 aromatic carbocycles. The fourth-order valence-electron chi connectivity index (χ4n) is 5.27. The molecule has 0 aliphatic carbocycles. The molecule has 0 bridgehead atoms. The van der Waals surface area contributed by atoms with E-state index < -0.39 is 0 Å². The third-order valence-electron chi connectivity index (χ3n) is 7.48. The van der Waals surface area contributed by atoms with E-state index in [2.05, 4.69) is 92.7 Å². The molecule has 0 fully saturated rings. The van der Waals surface area contributed by atoms with Gasteiger partial charge in [0.2, 0.25) is 0 Å². The van der Waals surface area contributed by atoms with Gasteiger partial charge in [-0.25, -0.2) is 19.9 Å². The predicted octanol–water partition coefficient (Wildman–Crippen LogP) is 9.11. The van der Waals surface area contributed by atoms with E-state index >= 15 is 0 Å². The van der Waals surface area contributed by atoms with Crippen LogP contribution in [-0.4, -0.2) is 19.9 Å². The van der Waals surface area contributed by atoms with Gasteiger partial charge in [0.05, 0.1) is 44.8 Å². The average Bonchev–Trinajstić information content (AvgIpc) is 3.04. The molecule has 196 valence electrons. The summed E-state index contributed by atoms with van der Waals surface area (Å²) >= 11 is 0. The van der Waals surface area contributed by atoms with Crippen molar-refractivity contribution < 1.29 is 0 Å². The molecule has 2 aromatic heterocycles. The Morgan fingerprint density at radius 2 is 0.829 bits per heavy atom. The topological polar surface area (TPSA) is 51.6 Å². The Morgan fingerprint density at radius 3 is 1.32 bits per heavy atom. The van der Waals surface area contributed by atoms with Crippen LogP contribution >= 0.6 is 0 Å². The van der Waals surface area contributed by atoms with Gasteiger partial charge in [0, 0.05) is 22.3 Å². The fourth-order valence-corrected chi connectivity index (χ4v) is 5.27.